The first-order valence-electron chi connectivity index (χ1n) is 8.34. The van der Waals surface area contributed by atoms with Crippen molar-refractivity contribution in [3.05, 3.63) is 35.6 Å². The maximum atomic E-state index is 13.4. The molecule has 2 atom stereocenters. The van der Waals surface area contributed by atoms with Gasteiger partial charge >= 0.3 is 5.97 Å². The highest BCUT2D eigenvalue weighted by atomic mass is 19.1. The molecule has 1 aliphatic rings. The predicted molar refractivity (Wildman–Crippen MR) is 89.3 cm³/mol. The molecule has 1 aliphatic heterocycles. The van der Waals surface area contributed by atoms with Crippen LogP contribution in [0.2, 0.25) is 0 Å². The molecule has 0 spiro atoms. The fraction of sp³-hybridized carbons (Fsp3) is 0.556. The van der Waals surface area contributed by atoms with Crippen LogP contribution in [0, 0.1) is 5.82 Å². The number of benzene rings is 1. The van der Waals surface area contributed by atoms with Gasteiger partial charge < -0.3 is 10.0 Å². The Bertz CT molecular complexity index is 593. The molecule has 1 heterocycles. The van der Waals surface area contributed by atoms with Crippen molar-refractivity contribution in [1.82, 2.24) is 9.80 Å². The molecule has 0 bridgehead atoms. The number of aliphatic carboxylic acids is 1. The van der Waals surface area contributed by atoms with Crippen LogP contribution < -0.4 is 0 Å². The number of amides is 1. The van der Waals surface area contributed by atoms with E-state index in [1.54, 1.807) is 19.1 Å². The topological polar surface area (TPSA) is 60.9 Å². The Morgan fingerprint density at radius 2 is 2.12 bits per heavy atom. The van der Waals surface area contributed by atoms with E-state index < -0.39 is 5.97 Å². The van der Waals surface area contributed by atoms with Gasteiger partial charge in [-0.3, -0.25) is 14.5 Å². The average Bonchev–Trinajstić information content (AvgIpc) is 2.79. The highest BCUT2D eigenvalue weighted by molar-refractivity contribution is 5.83. The zero-order valence-corrected chi connectivity index (χ0v) is 14.2. The van der Waals surface area contributed by atoms with Crippen molar-refractivity contribution in [3.8, 4) is 0 Å². The summed E-state index contributed by atoms with van der Waals surface area (Å²) in [6.07, 6.45) is 2.48. The summed E-state index contributed by atoms with van der Waals surface area (Å²) in [6.45, 7) is 3.08. The molecule has 132 valence electrons. The smallest absolute Gasteiger partial charge is 0.317 e. The van der Waals surface area contributed by atoms with E-state index in [0.29, 0.717) is 18.7 Å². The van der Waals surface area contributed by atoms with E-state index in [1.807, 2.05) is 16.8 Å². The summed E-state index contributed by atoms with van der Waals surface area (Å²) in [7, 11) is 1.81. The van der Waals surface area contributed by atoms with Gasteiger partial charge in [0.1, 0.15) is 5.82 Å². The van der Waals surface area contributed by atoms with E-state index in [-0.39, 0.29) is 30.2 Å². The van der Waals surface area contributed by atoms with Crippen LogP contribution in [0.5, 0.6) is 0 Å². The summed E-state index contributed by atoms with van der Waals surface area (Å²) >= 11 is 0. The second kappa shape index (κ2) is 8.24. The summed E-state index contributed by atoms with van der Waals surface area (Å²) in [5.74, 6) is -1.55. The third-order valence-electron chi connectivity index (χ3n) is 4.74. The average molecular weight is 336 g/mol. The van der Waals surface area contributed by atoms with Crippen molar-refractivity contribution in [2.45, 2.75) is 38.1 Å². The van der Waals surface area contributed by atoms with Gasteiger partial charge in [0.05, 0.1) is 12.5 Å². The molecule has 0 aliphatic carbocycles. The van der Waals surface area contributed by atoms with E-state index in [1.165, 1.54) is 12.1 Å². The van der Waals surface area contributed by atoms with Crippen LogP contribution in [0.25, 0.3) is 0 Å². The molecule has 5 nitrogen and oxygen atoms in total. The van der Waals surface area contributed by atoms with Crippen molar-refractivity contribution in [3.63, 3.8) is 0 Å². The second-order valence-corrected chi connectivity index (χ2v) is 6.50. The number of carboxylic acid groups (broad SMARTS) is 1. The van der Waals surface area contributed by atoms with Gasteiger partial charge in [-0.05, 0) is 50.9 Å². The monoisotopic (exact) mass is 336 g/mol. The summed E-state index contributed by atoms with van der Waals surface area (Å²) in [6, 6.07) is 6.34. The molecular weight excluding hydrogens is 311 g/mol. The van der Waals surface area contributed by atoms with Gasteiger partial charge in [0.2, 0.25) is 5.91 Å². The minimum Gasteiger partial charge on any atom is -0.480 e. The van der Waals surface area contributed by atoms with Crippen LogP contribution >= 0.6 is 0 Å². The minimum atomic E-state index is -0.839. The standard InChI is InChI=1S/C18H25FN2O3/c1-13(14-5-3-6-15(19)11-14)18(24)21-9-4-7-16(8-10-21)20(2)12-17(22)23/h3,5-6,11,13,16H,4,7-10,12H2,1-2H3,(H,22,23). The first-order valence-corrected chi connectivity index (χ1v) is 8.34. The quantitative estimate of drug-likeness (QED) is 0.896. The molecule has 0 saturated carbocycles. The molecular formula is C18H25FN2O3. The first-order chi connectivity index (χ1) is 11.4. The van der Waals surface area contributed by atoms with Gasteiger partial charge in [0.15, 0.2) is 0 Å². The number of carboxylic acids is 1. The van der Waals surface area contributed by atoms with Gasteiger partial charge in [-0.1, -0.05) is 12.1 Å². The van der Waals surface area contributed by atoms with Crippen molar-refractivity contribution in [1.29, 1.82) is 0 Å². The molecule has 1 saturated heterocycles. The van der Waals surface area contributed by atoms with Crippen LogP contribution in [0.4, 0.5) is 4.39 Å². The minimum absolute atomic E-state index is 0.00198. The number of likely N-dealkylation sites (tertiary alicyclic amines) is 1. The molecule has 6 heteroatoms. The van der Waals surface area contributed by atoms with E-state index in [4.69, 9.17) is 5.11 Å². The maximum Gasteiger partial charge on any atom is 0.317 e. The second-order valence-electron chi connectivity index (χ2n) is 6.50. The number of carbonyl (C=O) groups excluding carboxylic acids is 1. The molecule has 1 fully saturated rings. The van der Waals surface area contributed by atoms with Gasteiger partial charge in [-0.2, -0.15) is 0 Å². The van der Waals surface area contributed by atoms with E-state index in [9.17, 15) is 14.0 Å². The number of halogens is 1. The Kier molecular flexibility index (Phi) is 6.31. The molecule has 0 radical (unpaired) electrons. The zero-order valence-electron chi connectivity index (χ0n) is 14.2. The Morgan fingerprint density at radius 3 is 2.79 bits per heavy atom. The summed E-state index contributed by atoms with van der Waals surface area (Å²) in [5, 5.41) is 8.91. The van der Waals surface area contributed by atoms with E-state index in [0.717, 1.165) is 19.3 Å². The Hall–Kier alpha value is -1.95. The molecule has 0 aromatic heterocycles. The summed E-state index contributed by atoms with van der Waals surface area (Å²) in [4.78, 5) is 27.2. The van der Waals surface area contributed by atoms with Crippen LogP contribution in [0.3, 0.4) is 0 Å². The lowest BCUT2D eigenvalue weighted by molar-refractivity contribution is -0.138. The molecule has 2 unspecified atom stereocenters. The number of rotatable bonds is 5. The fourth-order valence-electron chi connectivity index (χ4n) is 3.27. The zero-order chi connectivity index (χ0) is 17.7. The number of hydrogen-bond donors (Lipinski definition) is 1. The van der Waals surface area contributed by atoms with E-state index in [2.05, 4.69) is 0 Å². The van der Waals surface area contributed by atoms with Crippen molar-refractivity contribution in [2.24, 2.45) is 0 Å². The summed E-state index contributed by atoms with van der Waals surface area (Å²) in [5.41, 5.74) is 0.684. The number of carbonyl (C=O) groups is 2. The number of hydrogen-bond acceptors (Lipinski definition) is 3. The third kappa shape index (κ3) is 4.77. The number of nitrogens with zero attached hydrogens (tertiary/aromatic N) is 2. The van der Waals surface area contributed by atoms with Crippen molar-refractivity contribution in [2.75, 3.05) is 26.7 Å². The largest absolute Gasteiger partial charge is 0.480 e. The Labute approximate surface area is 142 Å². The van der Waals surface area contributed by atoms with Gasteiger partial charge in [0, 0.05) is 19.1 Å². The fourth-order valence-corrected chi connectivity index (χ4v) is 3.27. The van der Waals surface area contributed by atoms with Gasteiger partial charge in [0.25, 0.3) is 0 Å². The normalized spacial score (nSPS) is 19.8. The van der Waals surface area contributed by atoms with Crippen molar-refractivity contribution < 1.29 is 19.1 Å². The lowest BCUT2D eigenvalue weighted by Crippen LogP contribution is -2.38. The Morgan fingerprint density at radius 1 is 1.38 bits per heavy atom. The van der Waals surface area contributed by atoms with Gasteiger partial charge in [-0.15, -0.1) is 0 Å². The molecule has 24 heavy (non-hydrogen) atoms. The number of likely N-dealkylation sites (N-methyl/N-ethyl adjacent to an activating group) is 1. The lowest BCUT2D eigenvalue weighted by atomic mass is 9.99. The first kappa shape index (κ1) is 18.4. The molecule has 1 aromatic rings. The SMILES string of the molecule is CC(C(=O)N1CCCC(N(C)CC(=O)O)CC1)c1cccc(F)c1. The van der Waals surface area contributed by atoms with Crippen LogP contribution in [0.1, 0.15) is 37.7 Å². The van der Waals surface area contributed by atoms with Crippen molar-refractivity contribution >= 4 is 11.9 Å². The van der Waals surface area contributed by atoms with Crippen LogP contribution in [-0.4, -0.2) is 59.5 Å². The molecule has 1 N–H and O–H groups in total. The van der Waals surface area contributed by atoms with Gasteiger partial charge in [-0.25, -0.2) is 4.39 Å². The van der Waals surface area contributed by atoms with E-state index >= 15 is 0 Å². The molecule has 1 aromatic carbocycles. The third-order valence-corrected chi connectivity index (χ3v) is 4.74. The Balaban J connectivity index is 1.97. The van der Waals surface area contributed by atoms with Crippen LogP contribution in [-0.2, 0) is 9.59 Å². The lowest BCUT2D eigenvalue weighted by Gasteiger charge is -2.26. The summed E-state index contributed by atoms with van der Waals surface area (Å²) < 4.78 is 13.4. The molecule has 1 amide bonds. The molecule has 2 rings (SSSR count). The predicted octanol–water partition coefficient (Wildman–Crippen LogP) is 2.33. The van der Waals surface area contributed by atoms with Crippen LogP contribution in [0.15, 0.2) is 24.3 Å². The highest BCUT2D eigenvalue weighted by Gasteiger charge is 2.27. The maximum absolute atomic E-state index is 13.4. The highest BCUT2D eigenvalue weighted by Crippen LogP contribution is 2.22.